The number of fused-ring (bicyclic) bond motifs is 3. The summed E-state index contributed by atoms with van der Waals surface area (Å²) in [5.74, 6) is -1.19. The number of nitrogens with one attached hydrogen (secondary N) is 1. The second-order valence-electron chi connectivity index (χ2n) is 7.24. The molecule has 3 unspecified atom stereocenters. The number of carbonyl (C=O) groups excluding carboxylic acids is 2. The van der Waals surface area contributed by atoms with E-state index in [9.17, 15) is 19.5 Å². The van der Waals surface area contributed by atoms with Crippen LogP contribution < -0.4 is 15.8 Å². The second-order valence-corrected chi connectivity index (χ2v) is 7.24. The molecule has 2 N–H and O–H groups in total. The van der Waals surface area contributed by atoms with Gasteiger partial charge in [0.1, 0.15) is 6.17 Å². The molecule has 0 saturated carbocycles. The minimum Gasteiger partial charge on any atom is -0.502 e. The molecule has 4 rings (SSSR count). The molecule has 28 heavy (non-hydrogen) atoms. The van der Waals surface area contributed by atoms with Gasteiger partial charge in [-0.3, -0.25) is 24.1 Å². The number of hydrogen-bond donors (Lipinski definition) is 2. The van der Waals surface area contributed by atoms with Crippen molar-refractivity contribution < 1.29 is 14.7 Å². The van der Waals surface area contributed by atoms with E-state index in [0.717, 1.165) is 12.0 Å². The first kappa shape index (κ1) is 18.1. The number of hydrogen-bond acceptors (Lipinski definition) is 5. The van der Waals surface area contributed by atoms with Crippen molar-refractivity contribution in [2.24, 2.45) is 0 Å². The van der Waals surface area contributed by atoms with Crippen LogP contribution in [-0.2, 0) is 4.79 Å². The predicted molar refractivity (Wildman–Crippen MR) is 102 cm³/mol. The molecule has 2 aromatic rings. The van der Waals surface area contributed by atoms with E-state index >= 15 is 0 Å². The zero-order valence-corrected chi connectivity index (χ0v) is 15.7. The molecule has 1 aromatic carbocycles. The Morgan fingerprint density at radius 3 is 2.54 bits per heavy atom. The summed E-state index contributed by atoms with van der Waals surface area (Å²) in [6.45, 7) is 1.45. The molecule has 8 nitrogen and oxygen atoms in total. The summed E-state index contributed by atoms with van der Waals surface area (Å²) >= 11 is 0. The molecule has 1 aromatic heterocycles. The quantitative estimate of drug-likeness (QED) is 0.806. The summed E-state index contributed by atoms with van der Waals surface area (Å²) in [5, 5.41) is 15.2. The molecule has 2 aliphatic heterocycles. The second kappa shape index (κ2) is 6.70. The van der Waals surface area contributed by atoms with Crippen LogP contribution in [-0.4, -0.2) is 45.8 Å². The standard InChI is InChI=1S/C20H22N4O4/c1-12(25)21-14-8-9-15(13-6-4-3-5-7-13)24-19(14)22(2)20(28)17-18(27)16(26)10-11-23(17)24/h3-7,10-11,14-15,19,27H,8-9H2,1-2H3,(H,21,25). The van der Waals surface area contributed by atoms with E-state index in [1.54, 1.807) is 11.7 Å². The van der Waals surface area contributed by atoms with Crippen molar-refractivity contribution in [1.29, 1.82) is 0 Å². The number of rotatable bonds is 2. The molecule has 3 atom stereocenters. The zero-order chi connectivity index (χ0) is 20.0. The van der Waals surface area contributed by atoms with Gasteiger partial charge in [0.05, 0.1) is 12.1 Å². The Morgan fingerprint density at radius 1 is 1.14 bits per heavy atom. The van der Waals surface area contributed by atoms with Crippen LogP contribution in [0.25, 0.3) is 0 Å². The van der Waals surface area contributed by atoms with Crippen molar-refractivity contribution in [3.05, 3.63) is 64.1 Å². The summed E-state index contributed by atoms with van der Waals surface area (Å²) in [6, 6.07) is 10.7. The molecule has 1 saturated heterocycles. The van der Waals surface area contributed by atoms with Gasteiger partial charge < -0.3 is 15.3 Å². The molecule has 0 aliphatic carbocycles. The number of pyridine rings is 1. The molecule has 1 fully saturated rings. The molecule has 146 valence electrons. The molecular formula is C20H22N4O4. The van der Waals surface area contributed by atoms with Crippen molar-refractivity contribution in [3.63, 3.8) is 0 Å². The fourth-order valence-corrected chi connectivity index (χ4v) is 4.31. The maximum absolute atomic E-state index is 13.0. The van der Waals surface area contributed by atoms with E-state index in [1.165, 1.54) is 24.1 Å². The Bertz CT molecular complexity index is 987. The molecule has 0 radical (unpaired) electrons. The fourth-order valence-electron chi connectivity index (χ4n) is 4.31. The maximum atomic E-state index is 13.0. The number of benzene rings is 1. The van der Waals surface area contributed by atoms with Crippen LogP contribution in [0.4, 0.5) is 0 Å². The molecule has 2 aliphatic rings. The maximum Gasteiger partial charge on any atom is 0.277 e. The average Bonchev–Trinajstić information content (AvgIpc) is 2.68. The lowest BCUT2D eigenvalue weighted by atomic mass is 9.90. The number of nitrogens with zero attached hydrogens (tertiary/aromatic N) is 3. The fraction of sp³-hybridized carbons (Fsp3) is 0.350. The molecule has 3 heterocycles. The number of piperidine rings is 1. The predicted octanol–water partition coefficient (Wildman–Crippen LogP) is 0.943. The topological polar surface area (TPSA) is 94.9 Å². The number of aromatic nitrogens is 1. The molecule has 8 heteroatoms. The summed E-state index contributed by atoms with van der Waals surface area (Å²) in [7, 11) is 1.63. The van der Waals surface area contributed by atoms with Crippen LogP contribution in [0, 0.1) is 0 Å². The summed E-state index contributed by atoms with van der Waals surface area (Å²) in [5.41, 5.74) is 0.398. The Hall–Kier alpha value is -3.29. The normalized spacial score (nSPS) is 23.8. The lowest BCUT2D eigenvalue weighted by molar-refractivity contribution is -0.120. The van der Waals surface area contributed by atoms with Gasteiger partial charge in [-0.1, -0.05) is 30.3 Å². The van der Waals surface area contributed by atoms with Crippen molar-refractivity contribution in [1.82, 2.24) is 14.9 Å². The van der Waals surface area contributed by atoms with E-state index in [2.05, 4.69) is 5.32 Å². The monoisotopic (exact) mass is 382 g/mol. The Kier molecular flexibility index (Phi) is 4.33. The van der Waals surface area contributed by atoms with Gasteiger partial charge in [0, 0.05) is 26.2 Å². The number of amides is 2. The first-order chi connectivity index (χ1) is 13.4. The Labute approximate surface area is 162 Å². The van der Waals surface area contributed by atoms with E-state index in [1.807, 2.05) is 35.3 Å². The van der Waals surface area contributed by atoms with Crippen LogP contribution in [0.1, 0.15) is 41.9 Å². The van der Waals surface area contributed by atoms with E-state index in [0.29, 0.717) is 6.42 Å². The van der Waals surface area contributed by atoms with Crippen molar-refractivity contribution in [2.45, 2.75) is 38.0 Å². The number of aromatic hydroxyl groups is 1. The van der Waals surface area contributed by atoms with Crippen LogP contribution in [0.5, 0.6) is 5.75 Å². The highest BCUT2D eigenvalue weighted by atomic mass is 16.3. The summed E-state index contributed by atoms with van der Waals surface area (Å²) in [6.07, 6.45) is 2.49. The van der Waals surface area contributed by atoms with Crippen LogP contribution in [0.2, 0.25) is 0 Å². The molecule has 2 amide bonds. The first-order valence-electron chi connectivity index (χ1n) is 9.22. The van der Waals surface area contributed by atoms with Gasteiger partial charge in [-0.05, 0) is 18.4 Å². The third-order valence-electron chi connectivity index (χ3n) is 5.50. The zero-order valence-electron chi connectivity index (χ0n) is 15.7. The molecule has 0 bridgehead atoms. The summed E-state index contributed by atoms with van der Waals surface area (Å²) in [4.78, 5) is 38.2. The SMILES string of the molecule is CC(=O)NC1CCC(c2ccccc2)N2C1N(C)C(=O)c1c(O)c(=O)ccn12. The largest absolute Gasteiger partial charge is 0.502 e. The smallest absolute Gasteiger partial charge is 0.277 e. The number of carbonyl (C=O) groups is 2. The van der Waals surface area contributed by atoms with Crippen LogP contribution in [0.3, 0.4) is 0 Å². The van der Waals surface area contributed by atoms with Crippen molar-refractivity contribution in [2.75, 3.05) is 12.1 Å². The van der Waals surface area contributed by atoms with Gasteiger partial charge >= 0.3 is 0 Å². The first-order valence-corrected chi connectivity index (χ1v) is 9.22. The van der Waals surface area contributed by atoms with Crippen LogP contribution in [0.15, 0.2) is 47.4 Å². The van der Waals surface area contributed by atoms with E-state index in [4.69, 9.17) is 0 Å². The lowest BCUT2D eigenvalue weighted by Crippen LogP contribution is -2.70. The average molecular weight is 382 g/mol. The van der Waals surface area contributed by atoms with Gasteiger partial charge in [0.15, 0.2) is 11.4 Å². The molecular weight excluding hydrogens is 360 g/mol. The number of likely N-dealkylation sites (N-methyl/N-ethyl adjacent to an activating group) is 1. The van der Waals surface area contributed by atoms with Gasteiger partial charge in [-0.25, -0.2) is 0 Å². The van der Waals surface area contributed by atoms with Gasteiger partial charge in [-0.2, -0.15) is 0 Å². The van der Waals surface area contributed by atoms with Gasteiger partial charge in [-0.15, -0.1) is 0 Å². The van der Waals surface area contributed by atoms with Gasteiger partial charge in [0.2, 0.25) is 11.3 Å². The highest BCUT2D eigenvalue weighted by Crippen LogP contribution is 2.38. The summed E-state index contributed by atoms with van der Waals surface area (Å²) < 4.78 is 1.56. The third kappa shape index (κ3) is 2.72. The minimum absolute atomic E-state index is 0.0596. The highest BCUT2D eigenvalue weighted by molar-refractivity contribution is 5.96. The van der Waals surface area contributed by atoms with E-state index < -0.39 is 23.3 Å². The lowest BCUT2D eigenvalue weighted by Gasteiger charge is -2.54. The van der Waals surface area contributed by atoms with Crippen molar-refractivity contribution in [3.8, 4) is 5.75 Å². The van der Waals surface area contributed by atoms with Crippen LogP contribution >= 0.6 is 0 Å². The Morgan fingerprint density at radius 2 is 1.86 bits per heavy atom. The Balaban J connectivity index is 1.91. The minimum atomic E-state index is -0.599. The van der Waals surface area contributed by atoms with Gasteiger partial charge in [0.25, 0.3) is 5.91 Å². The third-order valence-corrected chi connectivity index (χ3v) is 5.50. The highest BCUT2D eigenvalue weighted by Gasteiger charge is 2.47. The van der Waals surface area contributed by atoms with Crippen molar-refractivity contribution >= 4 is 11.8 Å². The van der Waals surface area contributed by atoms with E-state index in [-0.39, 0.29) is 23.7 Å². The molecule has 0 spiro atoms.